The summed E-state index contributed by atoms with van der Waals surface area (Å²) in [7, 11) is 0. The molecule has 276 valence electrons. The molecule has 0 saturated carbocycles. The summed E-state index contributed by atoms with van der Waals surface area (Å²) in [5.41, 5.74) is 3.27. The van der Waals surface area contributed by atoms with Crippen LogP contribution in [0.25, 0.3) is 31.5 Å². The first kappa shape index (κ1) is 39.6. The van der Waals surface area contributed by atoms with E-state index in [1.807, 2.05) is 42.7 Å². The number of carbonyl (C=O) groups excluding carboxylic acids is 2. The van der Waals surface area contributed by atoms with Gasteiger partial charge in [0.1, 0.15) is 22.8 Å². The molecule has 2 atom stereocenters. The second-order valence-corrected chi connectivity index (χ2v) is 14.5. The summed E-state index contributed by atoms with van der Waals surface area (Å²) >= 11 is 6.32. The van der Waals surface area contributed by atoms with E-state index >= 15 is 0 Å². The largest absolute Gasteiger partial charge is 0.380 e. The van der Waals surface area contributed by atoms with E-state index in [0.29, 0.717) is 27.5 Å². The maximum absolute atomic E-state index is 14.0. The number of nitrogens with zero attached hydrogens (tertiary/aromatic N) is 4. The molecule has 54 heavy (non-hydrogen) atoms. The molecule has 2 N–H and O–H groups in total. The third-order valence-electron chi connectivity index (χ3n) is 9.43. The van der Waals surface area contributed by atoms with Crippen molar-refractivity contribution < 1.29 is 28.6 Å². The van der Waals surface area contributed by atoms with Crippen molar-refractivity contribution >= 4 is 56.3 Å². The van der Waals surface area contributed by atoms with Crippen molar-refractivity contribution in [1.29, 1.82) is 0 Å². The van der Waals surface area contributed by atoms with Crippen LogP contribution in [0.3, 0.4) is 0 Å². The van der Waals surface area contributed by atoms with Gasteiger partial charge in [-0.25, -0.2) is 18.5 Å². The lowest BCUT2D eigenvalue weighted by Gasteiger charge is -2.23. The topological polar surface area (TPSA) is 93.2 Å². The minimum absolute atomic E-state index is 0.0115. The lowest BCUT2D eigenvalue weighted by atomic mass is 9.94. The first-order chi connectivity index (χ1) is 25.4. The van der Waals surface area contributed by atoms with Crippen LogP contribution in [0.1, 0.15) is 41.7 Å². The SMILES string of the molecule is [C-]#[N+]c1ccc(CC(=O)[C@@](C)(O)Cn2cc(Cl)c3cc(C)ccc32)cc1C.[C-]#[N+]c1ccc(CC(=O)[C@@](C)(O)Cn2cc(F)c3cc(F)ccc32)cc1C. The molecular formula is C43H39ClF2N4O4. The first-order valence-electron chi connectivity index (χ1n) is 17.1. The molecule has 8 nitrogen and oxygen atoms in total. The molecule has 0 amide bonds. The molecule has 0 aliphatic rings. The standard InChI is InChI=1S/C22H21ClN2O2.C21H18F2N2O2/c1-14-5-8-20-17(9-14)18(23)12-25(20)13-22(3,27)21(26)11-16-6-7-19(24-4)15(2)10-16;1-13-8-14(4-6-18(13)24-3)9-20(26)21(2,27)12-25-11-17(23)16-10-15(22)5-7-19(16)25/h5-10,12,27H,11,13H2,1-3H3;4-8,10-11,27H,9,12H2,1-2H3/t22-;21-/m00/s1. The average Bonchev–Trinajstić information content (AvgIpc) is 3.57. The summed E-state index contributed by atoms with van der Waals surface area (Å²) in [4.78, 5) is 32.2. The predicted molar refractivity (Wildman–Crippen MR) is 207 cm³/mol. The second-order valence-electron chi connectivity index (χ2n) is 14.1. The maximum atomic E-state index is 14.0. The molecule has 6 rings (SSSR count). The Hall–Kier alpha value is -5.65. The Morgan fingerprint density at radius 2 is 1.19 bits per heavy atom. The smallest absolute Gasteiger partial charge is 0.190 e. The van der Waals surface area contributed by atoms with Crippen molar-refractivity contribution in [3.05, 3.63) is 152 Å². The van der Waals surface area contributed by atoms with Crippen molar-refractivity contribution in [3.8, 4) is 0 Å². The fraction of sp³-hybridized carbons (Fsp3) is 0.256. The van der Waals surface area contributed by atoms with Gasteiger partial charge in [0.2, 0.25) is 0 Å². The molecule has 0 spiro atoms. The monoisotopic (exact) mass is 748 g/mol. The Morgan fingerprint density at radius 3 is 1.69 bits per heavy atom. The van der Waals surface area contributed by atoms with Gasteiger partial charge in [0.15, 0.2) is 22.9 Å². The predicted octanol–water partition coefficient (Wildman–Crippen LogP) is 9.37. The molecule has 0 radical (unpaired) electrons. The van der Waals surface area contributed by atoms with Gasteiger partial charge in [-0.2, -0.15) is 0 Å². The number of hydrogen-bond donors (Lipinski definition) is 2. The van der Waals surface area contributed by atoms with Crippen molar-refractivity contribution in [2.24, 2.45) is 0 Å². The first-order valence-corrected chi connectivity index (χ1v) is 17.4. The van der Waals surface area contributed by atoms with Crippen LogP contribution in [0.15, 0.2) is 85.2 Å². The zero-order valence-corrected chi connectivity index (χ0v) is 31.3. The van der Waals surface area contributed by atoms with Gasteiger partial charge in [-0.15, -0.1) is 0 Å². The number of halogens is 3. The normalized spacial score (nSPS) is 13.3. The number of rotatable bonds is 10. The number of hydrogen-bond acceptors (Lipinski definition) is 4. The number of Topliss-reactive ketones (excluding diaryl/α,β-unsaturated/α-hetero) is 2. The van der Waals surface area contributed by atoms with Gasteiger partial charge in [-0.1, -0.05) is 59.6 Å². The van der Waals surface area contributed by atoms with Crippen LogP contribution in [-0.2, 0) is 35.5 Å². The Morgan fingerprint density at radius 1 is 0.704 bits per heavy atom. The molecular weight excluding hydrogens is 710 g/mol. The second kappa shape index (κ2) is 15.8. The van der Waals surface area contributed by atoms with Crippen molar-refractivity contribution in [3.63, 3.8) is 0 Å². The van der Waals surface area contributed by atoms with Crippen LogP contribution in [-0.4, -0.2) is 42.1 Å². The summed E-state index contributed by atoms with van der Waals surface area (Å²) in [5.74, 6) is -1.87. The zero-order valence-electron chi connectivity index (χ0n) is 30.5. The Kier molecular flexibility index (Phi) is 11.5. The van der Waals surface area contributed by atoms with Gasteiger partial charge in [-0.3, -0.25) is 9.59 Å². The number of aromatic nitrogens is 2. The van der Waals surface area contributed by atoms with E-state index < -0.39 is 28.6 Å². The van der Waals surface area contributed by atoms with Crippen molar-refractivity contribution in [2.75, 3.05) is 0 Å². The van der Waals surface area contributed by atoms with Gasteiger partial charge in [0, 0.05) is 41.5 Å². The fourth-order valence-electron chi connectivity index (χ4n) is 6.35. The van der Waals surface area contributed by atoms with E-state index in [1.54, 1.807) is 43.5 Å². The molecule has 2 heterocycles. The summed E-state index contributed by atoms with van der Waals surface area (Å²) in [6.07, 6.45) is 3.00. The van der Waals surface area contributed by atoms with Crippen molar-refractivity contribution in [2.45, 2.75) is 71.8 Å². The Bertz CT molecular complexity index is 2330. The van der Waals surface area contributed by atoms with E-state index in [2.05, 4.69) is 9.69 Å². The van der Waals surface area contributed by atoms with Gasteiger partial charge >= 0.3 is 0 Å². The molecule has 0 unspecified atom stereocenters. The Labute approximate surface area is 317 Å². The van der Waals surface area contributed by atoms with Crippen LogP contribution >= 0.6 is 11.6 Å². The number of aryl methyl sites for hydroxylation is 3. The van der Waals surface area contributed by atoms with Gasteiger partial charge in [0.05, 0.1) is 36.8 Å². The minimum atomic E-state index is -1.74. The summed E-state index contributed by atoms with van der Waals surface area (Å²) in [6, 6.07) is 20.0. The summed E-state index contributed by atoms with van der Waals surface area (Å²) < 4.78 is 30.6. The average molecular weight is 749 g/mol. The van der Waals surface area contributed by atoms with Gasteiger partial charge < -0.3 is 19.3 Å². The van der Waals surface area contributed by atoms with E-state index in [-0.39, 0.29) is 37.1 Å². The molecule has 11 heteroatoms. The minimum Gasteiger partial charge on any atom is -0.380 e. The highest BCUT2D eigenvalue weighted by molar-refractivity contribution is 6.35. The highest BCUT2D eigenvalue weighted by Gasteiger charge is 2.32. The van der Waals surface area contributed by atoms with E-state index in [4.69, 9.17) is 24.7 Å². The third-order valence-corrected chi connectivity index (χ3v) is 9.73. The molecule has 6 aromatic rings. The molecule has 0 aliphatic carbocycles. The lowest BCUT2D eigenvalue weighted by Crippen LogP contribution is -2.40. The summed E-state index contributed by atoms with van der Waals surface area (Å²) in [5, 5.41) is 23.1. The molecule has 0 saturated heterocycles. The molecule has 0 bridgehead atoms. The molecule has 0 aliphatic heterocycles. The quantitative estimate of drug-likeness (QED) is 0.137. The highest BCUT2D eigenvalue weighted by Crippen LogP contribution is 2.29. The summed E-state index contributed by atoms with van der Waals surface area (Å²) in [6.45, 7) is 22.7. The van der Waals surface area contributed by atoms with E-state index in [9.17, 15) is 28.6 Å². The molecule has 4 aromatic carbocycles. The van der Waals surface area contributed by atoms with Gasteiger partial charge in [0.25, 0.3) is 0 Å². The molecule has 0 fully saturated rings. The zero-order chi connectivity index (χ0) is 39.5. The van der Waals surface area contributed by atoms with Crippen LogP contribution in [0.5, 0.6) is 0 Å². The fourth-order valence-corrected chi connectivity index (χ4v) is 6.62. The number of benzene rings is 4. The number of ketones is 2. The highest BCUT2D eigenvalue weighted by atomic mass is 35.5. The number of aliphatic hydroxyl groups is 2. The van der Waals surface area contributed by atoms with Crippen molar-refractivity contribution in [1.82, 2.24) is 9.13 Å². The van der Waals surface area contributed by atoms with Crippen LogP contribution < -0.4 is 0 Å². The lowest BCUT2D eigenvalue weighted by molar-refractivity contribution is -0.136. The van der Waals surface area contributed by atoms with E-state index in [0.717, 1.165) is 45.4 Å². The third kappa shape index (κ3) is 8.75. The number of fused-ring (bicyclic) bond motifs is 2. The van der Waals surface area contributed by atoms with Crippen LogP contribution in [0, 0.1) is 45.5 Å². The van der Waals surface area contributed by atoms with Gasteiger partial charge in [-0.05, 0) is 87.2 Å². The van der Waals surface area contributed by atoms with Crippen LogP contribution in [0.2, 0.25) is 5.02 Å². The van der Waals surface area contributed by atoms with E-state index in [1.165, 1.54) is 30.5 Å². The van der Waals surface area contributed by atoms with Crippen LogP contribution in [0.4, 0.5) is 20.2 Å². The molecule has 2 aromatic heterocycles. The number of carbonyl (C=O) groups is 2. The maximum Gasteiger partial charge on any atom is 0.190 e. The Balaban J connectivity index is 0.000000208.